The molecule has 2 aliphatic rings. The highest BCUT2D eigenvalue weighted by atomic mass is 16.5. The first-order chi connectivity index (χ1) is 29.3. The molecule has 2 aromatic carbocycles. The van der Waals surface area contributed by atoms with Crippen LogP contribution >= 0.6 is 0 Å². The fraction of sp³-hybridized carbons (Fsp3) is 0.604. The van der Waals surface area contributed by atoms with Crippen LogP contribution in [0, 0.1) is 17.8 Å². The second-order valence-electron chi connectivity index (χ2n) is 19.1. The molecule has 0 aliphatic carbocycles. The summed E-state index contributed by atoms with van der Waals surface area (Å²) in [5.74, 6) is -2.03. The van der Waals surface area contributed by atoms with Gasteiger partial charge < -0.3 is 41.8 Å². The molecule has 0 radical (unpaired) electrons. The third kappa shape index (κ3) is 14.9. The number of hydroxylamine groups is 2. The van der Waals surface area contributed by atoms with E-state index in [-0.39, 0.29) is 43.5 Å². The topological polar surface area (TPSA) is 195 Å². The summed E-state index contributed by atoms with van der Waals surface area (Å²) in [5.41, 5.74) is 6.99. The van der Waals surface area contributed by atoms with Crippen LogP contribution in [0.4, 0.5) is 4.79 Å². The average Bonchev–Trinajstić information content (AvgIpc) is 3.71. The Labute approximate surface area is 369 Å². The van der Waals surface area contributed by atoms with Gasteiger partial charge in [0.15, 0.2) is 0 Å². The third-order valence-electron chi connectivity index (χ3n) is 11.8. The van der Waals surface area contributed by atoms with E-state index in [4.69, 9.17) is 10.5 Å². The summed E-state index contributed by atoms with van der Waals surface area (Å²) in [6.45, 7) is 16.2. The van der Waals surface area contributed by atoms with Crippen molar-refractivity contribution in [3.8, 4) is 0 Å². The van der Waals surface area contributed by atoms with E-state index in [0.717, 1.165) is 17.5 Å². The van der Waals surface area contributed by atoms with Gasteiger partial charge >= 0.3 is 6.09 Å². The van der Waals surface area contributed by atoms with Gasteiger partial charge in [0.1, 0.15) is 24.7 Å². The van der Waals surface area contributed by atoms with E-state index in [2.05, 4.69) is 35.1 Å². The maximum atomic E-state index is 14.3. The Kier molecular flexibility index (Phi) is 18.5. The molecule has 5 atom stereocenters. The summed E-state index contributed by atoms with van der Waals surface area (Å²) in [6.07, 6.45) is 6.96. The Hall–Kier alpha value is -4.79. The summed E-state index contributed by atoms with van der Waals surface area (Å²) >= 11 is 0. The van der Waals surface area contributed by atoms with Crippen molar-refractivity contribution in [1.29, 1.82) is 0 Å². The number of nitrogens with two attached hydrogens (primary N) is 1. The molecule has 7 N–H and O–H groups in total. The van der Waals surface area contributed by atoms with E-state index in [0.29, 0.717) is 51.0 Å². The quantitative estimate of drug-likeness (QED) is 0.0724. The Morgan fingerprint density at radius 3 is 2.08 bits per heavy atom. The minimum atomic E-state index is -1.01. The highest BCUT2D eigenvalue weighted by Gasteiger charge is 2.46. The average molecular weight is 860 g/mol. The molecule has 2 fully saturated rings. The second kappa shape index (κ2) is 23.1. The molecule has 2 aromatic rings. The van der Waals surface area contributed by atoms with Crippen LogP contribution in [-0.4, -0.2) is 99.3 Å². The number of rotatable bonds is 20. The Balaban J connectivity index is 1.46. The third-order valence-corrected chi connectivity index (χ3v) is 11.8. The molecule has 342 valence electrons. The largest absolute Gasteiger partial charge is 0.445 e. The lowest BCUT2D eigenvalue weighted by molar-refractivity contribution is -0.246. The number of ether oxygens (including phenoxy) is 1. The molecule has 0 saturated carbocycles. The van der Waals surface area contributed by atoms with Crippen molar-refractivity contribution in [2.75, 3.05) is 13.1 Å². The van der Waals surface area contributed by atoms with Crippen LogP contribution in [0.3, 0.4) is 0 Å². The van der Waals surface area contributed by atoms with Crippen LogP contribution in [0.2, 0.25) is 0 Å². The predicted molar refractivity (Wildman–Crippen MR) is 240 cm³/mol. The first kappa shape index (κ1) is 49.9. The fourth-order valence-corrected chi connectivity index (χ4v) is 8.78. The van der Waals surface area contributed by atoms with Crippen molar-refractivity contribution in [2.45, 2.75) is 155 Å². The number of carbonyl (C=O) groups is 5. The number of hydrogen-bond donors (Lipinski definition) is 6. The van der Waals surface area contributed by atoms with Crippen LogP contribution in [-0.2, 0) is 36.9 Å². The van der Waals surface area contributed by atoms with Crippen molar-refractivity contribution >= 4 is 29.7 Å². The number of amides is 5. The normalized spacial score (nSPS) is 19.7. The molecule has 5 amide bonds. The molecule has 14 nitrogen and oxygen atoms in total. The van der Waals surface area contributed by atoms with Gasteiger partial charge in [-0.15, -0.1) is 0 Å². The van der Waals surface area contributed by atoms with Gasteiger partial charge in [0.2, 0.25) is 23.6 Å². The number of piperidine rings is 1. The standard InChI is InChI=1S/C48H73N7O7/c1-32(2)27-37(49)24-23-36(28-34-17-11-9-12-18-34)45(59)54-26-16-22-40(54)43(57)53-41(33(3)4)44(58)52-39(21-15-25-50-46(60)62-31-35-19-13-10-14-20-35)42(56)51-38-29-47(5,6)55(61)48(7,8)30-38/h9-14,17-20,23-24,32-33,36-41,61H,15-16,21-22,25-31,49H2,1-8H3,(H,50,60)(H,51,56)(H,52,58)(H,53,57)/b24-23+/t36-,37-,39+,40+,41+/m1/s1. The zero-order chi connectivity index (χ0) is 45.6. The maximum absolute atomic E-state index is 14.3. The van der Waals surface area contributed by atoms with Gasteiger partial charge in [0.25, 0.3) is 0 Å². The molecule has 2 heterocycles. The van der Waals surface area contributed by atoms with E-state index >= 15 is 0 Å². The second-order valence-corrected chi connectivity index (χ2v) is 19.1. The number of nitrogens with zero attached hydrogens (tertiary/aromatic N) is 2. The van der Waals surface area contributed by atoms with E-state index in [9.17, 15) is 29.2 Å². The number of likely N-dealkylation sites (tertiary alicyclic amines) is 1. The lowest BCUT2D eigenvalue weighted by Gasteiger charge is -2.51. The predicted octanol–water partition coefficient (Wildman–Crippen LogP) is 5.63. The van der Waals surface area contributed by atoms with Gasteiger partial charge in [-0.3, -0.25) is 19.2 Å². The van der Waals surface area contributed by atoms with Crippen molar-refractivity contribution in [3.05, 3.63) is 83.9 Å². The van der Waals surface area contributed by atoms with Gasteiger partial charge in [-0.25, -0.2) is 4.79 Å². The van der Waals surface area contributed by atoms with Crippen molar-refractivity contribution in [3.63, 3.8) is 0 Å². The van der Waals surface area contributed by atoms with Crippen LogP contribution in [0.5, 0.6) is 0 Å². The molecule has 0 spiro atoms. The molecule has 14 heteroatoms. The van der Waals surface area contributed by atoms with Gasteiger partial charge in [-0.05, 0) is 102 Å². The lowest BCUT2D eigenvalue weighted by Crippen LogP contribution is -2.64. The van der Waals surface area contributed by atoms with E-state index < -0.39 is 58.9 Å². The lowest BCUT2D eigenvalue weighted by atomic mass is 9.79. The van der Waals surface area contributed by atoms with Crippen molar-refractivity contribution < 1.29 is 33.9 Å². The number of nitrogens with one attached hydrogen (secondary N) is 4. The SMILES string of the molecule is CC(C)C[C@H](N)/C=C/[C@H](Cc1ccccc1)C(=O)N1CCC[C@H]1C(=O)N[C@H](C(=O)N[C@@H](CCCNC(=O)OCc1ccccc1)C(=O)NC1CC(C)(C)N(O)C(C)(C)C1)C(C)C. The number of alkyl carbamates (subject to hydrolysis) is 1. The zero-order valence-corrected chi connectivity index (χ0v) is 38.2. The first-order valence-electron chi connectivity index (χ1n) is 22.4. The highest BCUT2D eigenvalue weighted by molar-refractivity contribution is 5.95. The Morgan fingerprint density at radius 2 is 1.48 bits per heavy atom. The van der Waals surface area contributed by atoms with Gasteiger partial charge in [-0.1, -0.05) is 101 Å². The smallest absolute Gasteiger partial charge is 0.407 e. The van der Waals surface area contributed by atoms with E-state index in [1.54, 1.807) is 4.90 Å². The van der Waals surface area contributed by atoms with Crippen LogP contribution < -0.4 is 27.0 Å². The van der Waals surface area contributed by atoms with Gasteiger partial charge in [0.05, 0.1) is 5.92 Å². The highest BCUT2D eigenvalue weighted by Crippen LogP contribution is 2.36. The summed E-state index contributed by atoms with van der Waals surface area (Å²) in [4.78, 5) is 70.7. The summed E-state index contributed by atoms with van der Waals surface area (Å²) < 4.78 is 5.33. The van der Waals surface area contributed by atoms with Crippen molar-refractivity contribution in [1.82, 2.24) is 31.2 Å². The number of benzene rings is 2. The molecule has 0 bridgehead atoms. The molecule has 2 saturated heterocycles. The minimum Gasteiger partial charge on any atom is -0.445 e. The van der Waals surface area contributed by atoms with Crippen molar-refractivity contribution in [2.24, 2.45) is 23.5 Å². The van der Waals surface area contributed by atoms with Gasteiger partial charge in [-0.2, -0.15) is 5.06 Å². The molecule has 0 unspecified atom stereocenters. The molecular formula is C48H73N7O7. The Bertz CT molecular complexity index is 1780. The van der Waals surface area contributed by atoms with E-state index in [1.165, 1.54) is 5.06 Å². The molecule has 4 rings (SSSR count). The zero-order valence-electron chi connectivity index (χ0n) is 38.2. The molecular weight excluding hydrogens is 787 g/mol. The molecule has 2 aliphatic heterocycles. The summed E-state index contributed by atoms with van der Waals surface area (Å²) in [5, 5.41) is 23.9. The minimum absolute atomic E-state index is 0.112. The first-order valence-corrected chi connectivity index (χ1v) is 22.4. The van der Waals surface area contributed by atoms with Crippen LogP contribution in [0.15, 0.2) is 72.8 Å². The maximum Gasteiger partial charge on any atom is 0.407 e. The van der Waals surface area contributed by atoms with Crippen LogP contribution in [0.1, 0.15) is 111 Å². The van der Waals surface area contributed by atoms with E-state index in [1.807, 2.05) is 114 Å². The summed E-state index contributed by atoms with van der Waals surface area (Å²) in [6, 6.07) is 15.8. The monoisotopic (exact) mass is 860 g/mol. The molecule has 62 heavy (non-hydrogen) atoms. The molecule has 0 aromatic heterocycles. The Morgan fingerprint density at radius 1 is 0.871 bits per heavy atom. The number of hydrogen-bond acceptors (Lipinski definition) is 9. The fourth-order valence-electron chi connectivity index (χ4n) is 8.78. The summed E-state index contributed by atoms with van der Waals surface area (Å²) in [7, 11) is 0. The van der Waals surface area contributed by atoms with Crippen LogP contribution in [0.25, 0.3) is 0 Å². The number of carbonyl (C=O) groups excluding carboxylic acids is 5. The van der Waals surface area contributed by atoms with Gasteiger partial charge in [0, 0.05) is 36.3 Å².